The second-order valence-corrected chi connectivity index (χ2v) is 4.89. The Bertz CT molecular complexity index is 513. The molecule has 0 aliphatic heterocycles. The average Bonchev–Trinajstić information content (AvgIpc) is 2.28. The lowest BCUT2D eigenvalue weighted by Gasteiger charge is -2.05. The molecule has 2 aromatic rings. The van der Waals surface area contributed by atoms with Gasteiger partial charge in [0.15, 0.2) is 0 Å². The van der Waals surface area contributed by atoms with Crippen LogP contribution < -0.4 is 0 Å². The highest BCUT2D eigenvalue weighted by molar-refractivity contribution is 7.98. The zero-order valence-electron chi connectivity index (χ0n) is 9.15. The molecule has 0 radical (unpaired) electrons. The van der Waals surface area contributed by atoms with Gasteiger partial charge in [-0.15, -0.1) is 11.8 Å². The fourth-order valence-electron chi connectivity index (χ4n) is 1.33. The number of aryl methyl sites for hydroxylation is 1. The maximum atomic E-state index is 13.5. The highest BCUT2D eigenvalue weighted by Crippen LogP contribution is 2.27. The van der Waals surface area contributed by atoms with Crippen molar-refractivity contribution in [3.8, 4) is 0 Å². The van der Waals surface area contributed by atoms with Crippen molar-refractivity contribution in [3.05, 3.63) is 52.7 Å². The summed E-state index contributed by atoms with van der Waals surface area (Å²) in [5.74, 6) is 0.179. The first-order valence-electron chi connectivity index (χ1n) is 5.01. The lowest BCUT2D eigenvalue weighted by Crippen LogP contribution is -1.91. The van der Waals surface area contributed by atoms with E-state index in [1.165, 1.54) is 24.2 Å². The third-order valence-corrected chi connectivity index (χ3v) is 3.51. The zero-order valence-corrected chi connectivity index (χ0v) is 10.7. The van der Waals surface area contributed by atoms with E-state index in [0.717, 1.165) is 10.7 Å². The Morgan fingerprint density at radius 1 is 1.35 bits per heavy atom. The van der Waals surface area contributed by atoms with Gasteiger partial charge in [-0.3, -0.25) is 0 Å². The van der Waals surface area contributed by atoms with E-state index in [9.17, 15) is 4.39 Å². The van der Waals surface area contributed by atoms with E-state index in [-0.39, 0.29) is 5.82 Å². The SMILES string of the molecule is Cc1cc(SCc2c(F)cccc2Cl)ncn1. The molecule has 0 unspecified atom stereocenters. The van der Waals surface area contributed by atoms with Crippen LogP contribution in [0.25, 0.3) is 0 Å². The molecule has 0 N–H and O–H groups in total. The van der Waals surface area contributed by atoms with Gasteiger partial charge in [-0.1, -0.05) is 17.7 Å². The minimum Gasteiger partial charge on any atom is -0.242 e. The van der Waals surface area contributed by atoms with Crippen molar-refractivity contribution in [2.24, 2.45) is 0 Å². The molecule has 0 saturated heterocycles. The zero-order chi connectivity index (χ0) is 12.3. The fourth-order valence-corrected chi connectivity index (χ4v) is 2.60. The quantitative estimate of drug-likeness (QED) is 0.624. The first-order valence-corrected chi connectivity index (χ1v) is 6.37. The molecule has 0 fully saturated rings. The molecular weight excluding hydrogens is 259 g/mol. The van der Waals surface area contributed by atoms with Crippen LogP contribution in [0.15, 0.2) is 35.6 Å². The van der Waals surface area contributed by atoms with Crippen LogP contribution in [-0.2, 0) is 5.75 Å². The van der Waals surface area contributed by atoms with Crippen molar-refractivity contribution in [3.63, 3.8) is 0 Å². The lowest BCUT2D eigenvalue weighted by atomic mass is 10.2. The third-order valence-electron chi connectivity index (χ3n) is 2.20. The van der Waals surface area contributed by atoms with Gasteiger partial charge in [-0.05, 0) is 25.1 Å². The number of halogens is 2. The third kappa shape index (κ3) is 3.17. The molecule has 1 heterocycles. The van der Waals surface area contributed by atoms with Crippen LogP contribution in [0.1, 0.15) is 11.3 Å². The maximum Gasteiger partial charge on any atom is 0.128 e. The predicted molar refractivity (Wildman–Crippen MR) is 67.7 cm³/mol. The normalized spacial score (nSPS) is 10.5. The largest absolute Gasteiger partial charge is 0.242 e. The summed E-state index contributed by atoms with van der Waals surface area (Å²) in [6.45, 7) is 1.89. The Hall–Kier alpha value is -1.13. The summed E-state index contributed by atoms with van der Waals surface area (Å²) in [6.07, 6.45) is 1.50. The van der Waals surface area contributed by atoms with Gasteiger partial charge in [-0.2, -0.15) is 0 Å². The molecule has 0 aliphatic rings. The fraction of sp³-hybridized carbons (Fsp3) is 0.167. The minimum atomic E-state index is -0.282. The highest BCUT2D eigenvalue weighted by atomic mass is 35.5. The van der Waals surface area contributed by atoms with Crippen molar-refractivity contribution in [1.82, 2.24) is 9.97 Å². The van der Waals surface area contributed by atoms with E-state index in [2.05, 4.69) is 9.97 Å². The van der Waals surface area contributed by atoms with Gasteiger partial charge in [-0.25, -0.2) is 14.4 Å². The number of hydrogen-bond donors (Lipinski definition) is 0. The average molecular weight is 269 g/mol. The summed E-state index contributed by atoms with van der Waals surface area (Å²) in [4.78, 5) is 8.11. The van der Waals surface area contributed by atoms with Crippen LogP contribution in [0.2, 0.25) is 5.02 Å². The lowest BCUT2D eigenvalue weighted by molar-refractivity contribution is 0.617. The Balaban J connectivity index is 2.13. The Morgan fingerprint density at radius 3 is 2.88 bits per heavy atom. The molecule has 88 valence electrons. The Labute approximate surface area is 108 Å². The second-order valence-electron chi connectivity index (χ2n) is 3.49. The van der Waals surface area contributed by atoms with Gasteiger partial charge in [0.25, 0.3) is 0 Å². The first-order chi connectivity index (χ1) is 8.16. The second kappa shape index (κ2) is 5.47. The van der Waals surface area contributed by atoms with Crippen LogP contribution in [-0.4, -0.2) is 9.97 Å². The summed E-state index contributed by atoms with van der Waals surface area (Å²) >= 11 is 7.38. The Morgan fingerprint density at radius 2 is 2.18 bits per heavy atom. The molecule has 5 heteroatoms. The molecule has 0 bridgehead atoms. The van der Waals surface area contributed by atoms with Gasteiger partial charge >= 0.3 is 0 Å². The molecule has 0 saturated carbocycles. The summed E-state index contributed by atoms with van der Waals surface area (Å²) < 4.78 is 13.5. The number of rotatable bonds is 3. The van der Waals surface area contributed by atoms with Crippen molar-refractivity contribution in [1.29, 1.82) is 0 Å². The molecule has 0 spiro atoms. The number of hydrogen-bond acceptors (Lipinski definition) is 3. The molecular formula is C12H10ClFN2S. The van der Waals surface area contributed by atoms with Crippen molar-refractivity contribution < 1.29 is 4.39 Å². The van der Waals surface area contributed by atoms with Gasteiger partial charge < -0.3 is 0 Å². The van der Waals surface area contributed by atoms with E-state index in [4.69, 9.17) is 11.6 Å². The molecule has 2 rings (SSSR count). The van der Waals surface area contributed by atoms with Crippen molar-refractivity contribution >= 4 is 23.4 Å². The van der Waals surface area contributed by atoms with Gasteiger partial charge in [0.05, 0.1) is 5.03 Å². The topological polar surface area (TPSA) is 25.8 Å². The van der Waals surface area contributed by atoms with Crippen LogP contribution >= 0.6 is 23.4 Å². The summed E-state index contributed by atoms with van der Waals surface area (Å²) in [7, 11) is 0. The molecule has 2 nitrogen and oxygen atoms in total. The number of nitrogens with zero attached hydrogens (tertiary/aromatic N) is 2. The number of aromatic nitrogens is 2. The van der Waals surface area contributed by atoms with Crippen molar-refractivity contribution in [2.75, 3.05) is 0 Å². The van der Waals surface area contributed by atoms with E-state index in [1.54, 1.807) is 12.1 Å². The van der Waals surface area contributed by atoms with E-state index in [0.29, 0.717) is 16.3 Å². The molecule has 0 atom stereocenters. The smallest absolute Gasteiger partial charge is 0.128 e. The number of thioether (sulfide) groups is 1. The molecule has 1 aromatic carbocycles. The highest BCUT2D eigenvalue weighted by Gasteiger charge is 2.07. The maximum absolute atomic E-state index is 13.5. The van der Waals surface area contributed by atoms with Crippen LogP contribution in [0.3, 0.4) is 0 Å². The first kappa shape index (κ1) is 12.3. The van der Waals surface area contributed by atoms with E-state index in [1.807, 2.05) is 13.0 Å². The molecule has 0 aliphatic carbocycles. The summed E-state index contributed by atoms with van der Waals surface area (Å²) in [5, 5.41) is 1.26. The molecule has 0 amide bonds. The predicted octanol–water partition coefficient (Wildman–Crippen LogP) is 3.87. The Kier molecular flexibility index (Phi) is 3.97. The van der Waals surface area contributed by atoms with Gasteiger partial charge in [0, 0.05) is 22.0 Å². The van der Waals surface area contributed by atoms with E-state index < -0.39 is 0 Å². The summed E-state index contributed by atoms with van der Waals surface area (Å²) in [6, 6.07) is 6.55. The van der Waals surface area contributed by atoms with E-state index >= 15 is 0 Å². The van der Waals surface area contributed by atoms with Gasteiger partial charge in [0.1, 0.15) is 12.1 Å². The van der Waals surface area contributed by atoms with Crippen molar-refractivity contribution in [2.45, 2.75) is 17.7 Å². The van der Waals surface area contributed by atoms with Crippen LogP contribution in [0.4, 0.5) is 4.39 Å². The van der Waals surface area contributed by atoms with Crippen LogP contribution in [0, 0.1) is 12.7 Å². The van der Waals surface area contributed by atoms with Crippen LogP contribution in [0.5, 0.6) is 0 Å². The molecule has 17 heavy (non-hydrogen) atoms. The summed E-state index contributed by atoms with van der Waals surface area (Å²) in [5.41, 5.74) is 1.40. The van der Waals surface area contributed by atoms with Gasteiger partial charge in [0.2, 0.25) is 0 Å². The monoisotopic (exact) mass is 268 g/mol. The molecule has 1 aromatic heterocycles. The number of benzene rings is 1. The minimum absolute atomic E-state index is 0.282. The standard InChI is InChI=1S/C12H10ClFN2S/c1-8-5-12(16-7-15-8)17-6-9-10(13)3-2-4-11(9)14/h2-5,7H,6H2,1H3.